The van der Waals surface area contributed by atoms with E-state index < -0.39 is 0 Å². The number of hydrogen-bond donors (Lipinski definition) is 3. The first-order valence-corrected chi connectivity index (χ1v) is 6.65. The van der Waals surface area contributed by atoms with E-state index in [9.17, 15) is 0 Å². The average Bonchev–Trinajstić information content (AvgIpc) is 2.90. The molecule has 2 aromatic rings. The molecule has 21 heavy (non-hydrogen) atoms. The second kappa shape index (κ2) is 7.33. The minimum Gasteiger partial charge on any atom is -0.463 e. The highest BCUT2D eigenvalue weighted by atomic mass is 16.5. The van der Waals surface area contributed by atoms with Gasteiger partial charge in [-0.2, -0.15) is 20.1 Å². The Labute approximate surface area is 122 Å². The fourth-order valence-corrected chi connectivity index (χ4v) is 1.54. The van der Waals surface area contributed by atoms with Crippen LogP contribution in [0.4, 0.5) is 11.9 Å². The maximum atomic E-state index is 5.38. The minimum atomic E-state index is 0.235. The van der Waals surface area contributed by atoms with E-state index in [2.05, 4.69) is 35.8 Å². The van der Waals surface area contributed by atoms with Gasteiger partial charge in [0, 0.05) is 20.0 Å². The highest BCUT2D eigenvalue weighted by Crippen LogP contribution is 2.10. The van der Waals surface area contributed by atoms with E-state index in [0.29, 0.717) is 25.5 Å². The molecule has 0 saturated carbocycles. The zero-order chi connectivity index (χ0) is 15.1. The number of nitrogens with two attached hydrogens (primary N) is 1. The van der Waals surface area contributed by atoms with Gasteiger partial charge in [-0.3, -0.25) is 10.1 Å². The monoisotopic (exact) mass is 293 g/mol. The first kappa shape index (κ1) is 14.9. The number of nitrogens with zero attached hydrogens (tertiary/aromatic N) is 6. The van der Waals surface area contributed by atoms with Gasteiger partial charge >= 0.3 is 6.01 Å². The van der Waals surface area contributed by atoms with Crippen molar-refractivity contribution in [2.24, 2.45) is 12.9 Å². The lowest BCUT2D eigenvalue weighted by Gasteiger charge is -2.08. The molecule has 0 aliphatic heterocycles. The average molecular weight is 293 g/mol. The highest BCUT2D eigenvalue weighted by Gasteiger charge is 2.07. The largest absolute Gasteiger partial charge is 0.463 e. The van der Waals surface area contributed by atoms with Crippen molar-refractivity contribution in [3.63, 3.8) is 0 Å². The molecule has 0 aliphatic carbocycles. The summed E-state index contributed by atoms with van der Waals surface area (Å²) in [7, 11) is 1.83. The van der Waals surface area contributed by atoms with Crippen LogP contribution in [0.25, 0.3) is 0 Å². The molecular weight excluding hydrogens is 274 g/mol. The Balaban J connectivity index is 1.94. The maximum absolute atomic E-state index is 5.38. The van der Waals surface area contributed by atoms with Crippen molar-refractivity contribution >= 4 is 11.9 Å². The van der Waals surface area contributed by atoms with Crippen LogP contribution >= 0.6 is 0 Å². The molecule has 114 valence electrons. The third-order valence-electron chi connectivity index (χ3n) is 2.46. The molecule has 10 heteroatoms. The predicted octanol–water partition coefficient (Wildman–Crippen LogP) is -0.271. The topological polar surface area (TPSA) is 129 Å². The van der Waals surface area contributed by atoms with Crippen molar-refractivity contribution in [2.45, 2.75) is 19.8 Å². The standard InChI is InChI=1S/C11H19N9O/c1-3-6-21-11-16-9(15-10(17-11)18-12)13-5-4-8-14-7-20(2)19-8/h7H,3-6,12H2,1-2H3,(H2,13,15,16,17,18). The SMILES string of the molecule is CCCOc1nc(NN)nc(NCCc2ncn(C)n2)n1. The van der Waals surface area contributed by atoms with Crippen molar-refractivity contribution < 1.29 is 4.74 Å². The molecule has 0 saturated heterocycles. The number of anilines is 2. The summed E-state index contributed by atoms with van der Waals surface area (Å²) >= 11 is 0. The number of hydrazine groups is 1. The maximum Gasteiger partial charge on any atom is 0.323 e. The zero-order valence-corrected chi connectivity index (χ0v) is 12.1. The normalized spacial score (nSPS) is 10.4. The molecule has 0 fully saturated rings. The number of nitrogen functional groups attached to an aromatic ring is 1. The van der Waals surface area contributed by atoms with E-state index in [1.54, 1.807) is 11.0 Å². The van der Waals surface area contributed by atoms with Gasteiger partial charge in [-0.25, -0.2) is 10.8 Å². The van der Waals surface area contributed by atoms with Crippen LogP contribution in [0.5, 0.6) is 6.01 Å². The van der Waals surface area contributed by atoms with E-state index in [0.717, 1.165) is 12.2 Å². The van der Waals surface area contributed by atoms with Crippen LogP contribution in [0.2, 0.25) is 0 Å². The lowest BCUT2D eigenvalue weighted by molar-refractivity contribution is 0.292. The Kier molecular flexibility index (Phi) is 5.21. The van der Waals surface area contributed by atoms with Crippen LogP contribution in [-0.4, -0.2) is 42.9 Å². The molecule has 0 spiro atoms. The summed E-state index contributed by atoms with van der Waals surface area (Å²) in [6.07, 6.45) is 3.18. The van der Waals surface area contributed by atoms with Gasteiger partial charge in [-0.15, -0.1) is 0 Å². The van der Waals surface area contributed by atoms with Crippen LogP contribution in [0, 0.1) is 0 Å². The van der Waals surface area contributed by atoms with E-state index in [1.165, 1.54) is 0 Å². The molecular formula is C11H19N9O. The molecule has 10 nitrogen and oxygen atoms in total. The summed E-state index contributed by atoms with van der Waals surface area (Å²) in [5.41, 5.74) is 2.39. The molecule has 0 aromatic carbocycles. The van der Waals surface area contributed by atoms with E-state index in [4.69, 9.17) is 10.6 Å². The van der Waals surface area contributed by atoms with E-state index in [1.807, 2.05) is 14.0 Å². The second-order valence-electron chi connectivity index (χ2n) is 4.27. The lowest BCUT2D eigenvalue weighted by Crippen LogP contribution is -2.16. The molecule has 0 aliphatic rings. The molecule has 2 heterocycles. The van der Waals surface area contributed by atoms with Gasteiger partial charge in [0.05, 0.1) is 6.61 Å². The number of nitrogens with one attached hydrogen (secondary N) is 2. The van der Waals surface area contributed by atoms with Gasteiger partial charge in [0.15, 0.2) is 5.82 Å². The molecule has 2 aromatic heterocycles. The van der Waals surface area contributed by atoms with E-state index in [-0.39, 0.29) is 12.0 Å². The molecule has 2 rings (SSSR count). The summed E-state index contributed by atoms with van der Waals surface area (Å²) in [6, 6.07) is 0.235. The molecule has 4 N–H and O–H groups in total. The summed E-state index contributed by atoms with van der Waals surface area (Å²) in [6.45, 7) is 3.12. The van der Waals surface area contributed by atoms with Crippen molar-refractivity contribution in [1.29, 1.82) is 0 Å². The van der Waals surface area contributed by atoms with Gasteiger partial charge in [-0.05, 0) is 6.42 Å². The minimum absolute atomic E-state index is 0.235. The Morgan fingerprint density at radius 2 is 2.10 bits per heavy atom. The number of aromatic nitrogens is 6. The Morgan fingerprint density at radius 1 is 1.29 bits per heavy atom. The molecule has 0 atom stereocenters. The summed E-state index contributed by atoms with van der Waals surface area (Å²) in [4.78, 5) is 16.4. The highest BCUT2D eigenvalue weighted by molar-refractivity contribution is 5.34. The van der Waals surface area contributed by atoms with Gasteiger partial charge in [0.2, 0.25) is 11.9 Å². The molecule has 0 radical (unpaired) electrons. The smallest absolute Gasteiger partial charge is 0.323 e. The van der Waals surface area contributed by atoms with Crippen molar-refractivity contribution in [1.82, 2.24) is 29.7 Å². The second-order valence-corrected chi connectivity index (χ2v) is 4.27. The first-order chi connectivity index (χ1) is 10.2. The number of ether oxygens (including phenoxy) is 1. The fourth-order valence-electron chi connectivity index (χ4n) is 1.54. The van der Waals surface area contributed by atoms with Crippen LogP contribution in [0.15, 0.2) is 6.33 Å². The van der Waals surface area contributed by atoms with Crippen molar-refractivity contribution in [2.75, 3.05) is 23.9 Å². The Hall–Kier alpha value is -2.49. The zero-order valence-electron chi connectivity index (χ0n) is 12.1. The van der Waals surface area contributed by atoms with Crippen molar-refractivity contribution in [3.05, 3.63) is 12.2 Å². The number of rotatable bonds is 8. The fraction of sp³-hybridized carbons (Fsp3) is 0.545. The van der Waals surface area contributed by atoms with Crippen LogP contribution < -0.4 is 21.3 Å². The quantitative estimate of drug-likeness (QED) is 0.445. The van der Waals surface area contributed by atoms with Gasteiger partial charge in [0.25, 0.3) is 0 Å². The third-order valence-corrected chi connectivity index (χ3v) is 2.46. The van der Waals surface area contributed by atoms with Crippen molar-refractivity contribution in [3.8, 4) is 6.01 Å². The van der Waals surface area contributed by atoms with Gasteiger partial charge in [0.1, 0.15) is 6.33 Å². The third kappa shape index (κ3) is 4.53. The first-order valence-electron chi connectivity index (χ1n) is 6.65. The van der Waals surface area contributed by atoms with Gasteiger partial charge < -0.3 is 10.1 Å². The lowest BCUT2D eigenvalue weighted by atomic mass is 10.4. The molecule has 0 bridgehead atoms. The predicted molar refractivity (Wildman–Crippen MR) is 76.6 cm³/mol. The number of aryl methyl sites for hydroxylation is 1. The summed E-state index contributed by atoms with van der Waals surface area (Å²) < 4.78 is 7.04. The number of hydrogen-bond acceptors (Lipinski definition) is 9. The Bertz CT molecular complexity index is 571. The molecule has 0 amide bonds. The summed E-state index contributed by atoms with van der Waals surface area (Å²) in [5, 5.41) is 7.26. The van der Waals surface area contributed by atoms with Crippen LogP contribution in [0.1, 0.15) is 19.2 Å². The van der Waals surface area contributed by atoms with Crippen LogP contribution in [0.3, 0.4) is 0 Å². The van der Waals surface area contributed by atoms with E-state index >= 15 is 0 Å². The Morgan fingerprint density at radius 3 is 2.76 bits per heavy atom. The van der Waals surface area contributed by atoms with Gasteiger partial charge in [-0.1, -0.05) is 6.92 Å². The van der Waals surface area contributed by atoms with Crippen LogP contribution in [-0.2, 0) is 13.5 Å². The molecule has 0 unspecified atom stereocenters. The summed E-state index contributed by atoms with van der Waals surface area (Å²) in [5.74, 6) is 6.71.